The van der Waals surface area contributed by atoms with Gasteiger partial charge in [0.15, 0.2) is 0 Å². The number of para-hydroxylation sites is 1. The van der Waals surface area contributed by atoms with E-state index in [-0.39, 0.29) is 11.1 Å². The Kier molecular flexibility index (Phi) is 5.36. The third-order valence-corrected chi connectivity index (χ3v) is 5.38. The Morgan fingerprint density at radius 2 is 1.83 bits per heavy atom. The van der Waals surface area contributed by atoms with Gasteiger partial charge in [-0.2, -0.15) is 10.2 Å². The number of hydrogen-bond donors (Lipinski definition) is 2. The zero-order valence-electron chi connectivity index (χ0n) is 15.9. The third-order valence-electron chi connectivity index (χ3n) is 4.48. The zero-order chi connectivity index (χ0) is 21.1. The number of hydrogen-bond acceptors (Lipinski definition) is 6. The molecule has 1 atom stereocenters. The fourth-order valence-corrected chi connectivity index (χ4v) is 3.61. The molecule has 0 aliphatic carbocycles. The van der Waals surface area contributed by atoms with Crippen LogP contribution < -0.4 is 16.4 Å². The van der Waals surface area contributed by atoms with E-state index in [2.05, 4.69) is 20.6 Å². The SMILES string of the molecule is C[C@H](C(=O)Nc1ccccc1-c1ccc(=O)[nH]n1)n1nc(-c2cccs2)ccc1=O. The molecule has 30 heavy (non-hydrogen) atoms. The van der Waals surface area contributed by atoms with Crippen molar-refractivity contribution in [2.24, 2.45) is 0 Å². The van der Waals surface area contributed by atoms with Crippen LogP contribution >= 0.6 is 11.3 Å². The van der Waals surface area contributed by atoms with E-state index in [0.29, 0.717) is 22.6 Å². The van der Waals surface area contributed by atoms with Crippen LogP contribution in [0.25, 0.3) is 21.8 Å². The van der Waals surface area contributed by atoms with E-state index >= 15 is 0 Å². The van der Waals surface area contributed by atoms with Gasteiger partial charge in [-0.05, 0) is 36.6 Å². The van der Waals surface area contributed by atoms with Crippen LogP contribution in [0.5, 0.6) is 0 Å². The molecule has 0 saturated carbocycles. The van der Waals surface area contributed by atoms with E-state index in [1.807, 2.05) is 17.5 Å². The van der Waals surface area contributed by atoms with Gasteiger partial charge < -0.3 is 5.32 Å². The van der Waals surface area contributed by atoms with E-state index < -0.39 is 11.9 Å². The molecule has 0 fully saturated rings. The molecule has 8 nitrogen and oxygen atoms in total. The van der Waals surface area contributed by atoms with Gasteiger partial charge in [0.05, 0.1) is 16.3 Å². The lowest BCUT2D eigenvalue weighted by Crippen LogP contribution is -2.33. The number of aromatic nitrogens is 4. The Balaban J connectivity index is 1.62. The number of carbonyl (C=O) groups is 1. The molecule has 0 aliphatic rings. The molecule has 0 radical (unpaired) electrons. The Bertz CT molecular complexity index is 1290. The van der Waals surface area contributed by atoms with Gasteiger partial charge in [-0.25, -0.2) is 9.78 Å². The number of nitrogens with one attached hydrogen (secondary N) is 2. The van der Waals surface area contributed by atoms with Crippen molar-refractivity contribution in [3.05, 3.63) is 86.8 Å². The molecular weight excluding hydrogens is 402 g/mol. The summed E-state index contributed by atoms with van der Waals surface area (Å²) in [6, 6.07) is 16.0. The van der Waals surface area contributed by atoms with Gasteiger partial charge >= 0.3 is 0 Å². The summed E-state index contributed by atoms with van der Waals surface area (Å²) in [4.78, 5) is 37.4. The van der Waals surface area contributed by atoms with Crippen molar-refractivity contribution in [3.63, 3.8) is 0 Å². The first kappa shape index (κ1) is 19.5. The molecule has 2 N–H and O–H groups in total. The first-order valence-corrected chi connectivity index (χ1v) is 10.0. The van der Waals surface area contributed by atoms with Crippen molar-refractivity contribution in [2.75, 3.05) is 5.32 Å². The molecule has 0 unspecified atom stereocenters. The first-order valence-electron chi connectivity index (χ1n) is 9.12. The molecule has 3 aromatic heterocycles. The highest BCUT2D eigenvalue weighted by Gasteiger charge is 2.20. The molecule has 9 heteroatoms. The van der Waals surface area contributed by atoms with Crippen molar-refractivity contribution >= 4 is 22.9 Å². The van der Waals surface area contributed by atoms with Gasteiger partial charge in [0.2, 0.25) is 5.91 Å². The highest BCUT2D eigenvalue weighted by Crippen LogP contribution is 2.26. The fraction of sp³-hybridized carbons (Fsp3) is 0.0952. The number of H-pyrrole nitrogens is 1. The van der Waals surface area contributed by atoms with Crippen LogP contribution in [0.3, 0.4) is 0 Å². The normalized spacial score (nSPS) is 11.8. The molecule has 1 aromatic carbocycles. The molecule has 0 spiro atoms. The van der Waals surface area contributed by atoms with E-state index in [1.54, 1.807) is 43.3 Å². The Hall–Kier alpha value is -3.85. The smallest absolute Gasteiger partial charge is 0.267 e. The Labute approximate surface area is 174 Å². The summed E-state index contributed by atoms with van der Waals surface area (Å²) in [5.74, 6) is -0.398. The fourth-order valence-electron chi connectivity index (χ4n) is 2.92. The first-order chi connectivity index (χ1) is 14.5. The number of nitrogens with zero attached hydrogens (tertiary/aromatic N) is 3. The Morgan fingerprint density at radius 3 is 2.57 bits per heavy atom. The molecule has 150 valence electrons. The van der Waals surface area contributed by atoms with Crippen molar-refractivity contribution in [1.29, 1.82) is 0 Å². The predicted molar refractivity (Wildman–Crippen MR) is 115 cm³/mol. The van der Waals surface area contributed by atoms with Crippen molar-refractivity contribution in [1.82, 2.24) is 20.0 Å². The Morgan fingerprint density at radius 1 is 1.03 bits per heavy atom. The van der Waals surface area contributed by atoms with Crippen LogP contribution in [0.15, 0.2) is 75.6 Å². The average Bonchev–Trinajstić information content (AvgIpc) is 3.29. The van der Waals surface area contributed by atoms with Crippen LogP contribution in [0, 0.1) is 0 Å². The topological polar surface area (TPSA) is 110 Å². The highest BCUT2D eigenvalue weighted by molar-refractivity contribution is 7.13. The average molecular weight is 419 g/mol. The number of rotatable bonds is 5. The van der Waals surface area contributed by atoms with Gasteiger partial charge in [0.25, 0.3) is 11.1 Å². The minimum Gasteiger partial charge on any atom is -0.324 e. The lowest BCUT2D eigenvalue weighted by atomic mass is 10.1. The summed E-state index contributed by atoms with van der Waals surface area (Å²) in [6.07, 6.45) is 0. The minimum absolute atomic E-state index is 0.315. The highest BCUT2D eigenvalue weighted by atomic mass is 32.1. The number of carbonyl (C=O) groups excluding carboxylic acids is 1. The molecule has 1 amide bonds. The monoisotopic (exact) mass is 419 g/mol. The standard InChI is InChI=1S/C21H17N5O3S/c1-13(26-20(28)11-9-17(25-26)18-7-4-12-30-18)21(29)22-15-6-3-2-5-14(15)16-8-10-19(27)24-23-16/h2-13H,1H3,(H,22,29)(H,24,27)/t13-/m1/s1. The van der Waals surface area contributed by atoms with E-state index in [0.717, 1.165) is 4.88 Å². The zero-order valence-corrected chi connectivity index (χ0v) is 16.7. The van der Waals surface area contributed by atoms with Crippen LogP contribution in [0.4, 0.5) is 5.69 Å². The maximum absolute atomic E-state index is 12.9. The second kappa shape index (κ2) is 8.26. The predicted octanol–water partition coefficient (Wildman–Crippen LogP) is 2.92. The number of thiophene rings is 1. The largest absolute Gasteiger partial charge is 0.324 e. The van der Waals surface area contributed by atoms with E-state index in [9.17, 15) is 14.4 Å². The van der Waals surface area contributed by atoms with Gasteiger partial charge in [0.1, 0.15) is 11.7 Å². The molecule has 4 rings (SSSR count). The summed E-state index contributed by atoms with van der Waals surface area (Å²) in [5.41, 5.74) is 1.60. The third kappa shape index (κ3) is 3.96. The number of aromatic amines is 1. The number of anilines is 1. The summed E-state index contributed by atoms with van der Waals surface area (Å²) >= 11 is 1.50. The van der Waals surface area contributed by atoms with Crippen LogP contribution in [0.2, 0.25) is 0 Å². The summed E-state index contributed by atoms with van der Waals surface area (Å²) in [6.45, 7) is 1.61. The van der Waals surface area contributed by atoms with E-state index in [1.165, 1.54) is 28.2 Å². The van der Waals surface area contributed by atoms with Crippen molar-refractivity contribution < 1.29 is 4.79 Å². The molecule has 0 bridgehead atoms. The van der Waals surface area contributed by atoms with Crippen LogP contribution in [-0.2, 0) is 4.79 Å². The molecule has 0 aliphatic heterocycles. The van der Waals surface area contributed by atoms with Crippen molar-refractivity contribution in [3.8, 4) is 21.8 Å². The summed E-state index contributed by atoms with van der Waals surface area (Å²) < 4.78 is 1.17. The summed E-state index contributed by atoms with van der Waals surface area (Å²) in [5, 5.41) is 15.5. The summed E-state index contributed by atoms with van der Waals surface area (Å²) in [7, 11) is 0. The lowest BCUT2D eigenvalue weighted by Gasteiger charge is -2.16. The maximum atomic E-state index is 12.9. The van der Waals surface area contributed by atoms with Crippen molar-refractivity contribution in [2.45, 2.75) is 13.0 Å². The lowest BCUT2D eigenvalue weighted by molar-refractivity contribution is -0.119. The second-order valence-corrected chi connectivity index (χ2v) is 7.44. The van der Waals surface area contributed by atoms with Gasteiger partial charge in [-0.3, -0.25) is 14.4 Å². The van der Waals surface area contributed by atoms with Crippen LogP contribution in [-0.4, -0.2) is 25.9 Å². The minimum atomic E-state index is -0.839. The number of benzene rings is 1. The van der Waals surface area contributed by atoms with Gasteiger partial charge in [-0.15, -0.1) is 11.3 Å². The van der Waals surface area contributed by atoms with Gasteiger partial charge in [0, 0.05) is 17.7 Å². The van der Waals surface area contributed by atoms with Gasteiger partial charge in [-0.1, -0.05) is 24.3 Å². The quantitative estimate of drug-likeness (QED) is 0.517. The number of amides is 1. The molecule has 4 aromatic rings. The van der Waals surface area contributed by atoms with Crippen LogP contribution in [0.1, 0.15) is 13.0 Å². The second-order valence-electron chi connectivity index (χ2n) is 6.50. The molecule has 3 heterocycles. The van der Waals surface area contributed by atoms with E-state index in [4.69, 9.17) is 0 Å². The molecular formula is C21H17N5O3S. The maximum Gasteiger partial charge on any atom is 0.267 e. The molecule has 0 saturated heterocycles.